The van der Waals surface area contributed by atoms with Crippen LogP contribution in [0.3, 0.4) is 0 Å². The van der Waals surface area contributed by atoms with Gasteiger partial charge in [0.15, 0.2) is 9.84 Å². The van der Waals surface area contributed by atoms with Gasteiger partial charge in [0.05, 0.1) is 23.7 Å². The Morgan fingerprint density at radius 1 is 1.30 bits per heavy atom. The SMILES string of the molecule is CC(C)(C)OC(=O)N1CCCC(CO)(C2(O)CCS(=O)(=O)C2)C1. The second-order valence-corrected chi connectivity index (χ2v) is 10.0. The first-order chi connectivity index (χ1) is 10.4. The van der Waals surface area contributed by atoms with Crippen LogP contribution in [0.15, 0.2) is 0 Å². The molecule has 2 N–H and O–H groups in total. The number of nitrogens with zero attached hydrogens (tertiary/aromatic N) is 1. The van der Waals surface area contributed by atoms with Crippen LogP contribution in [-0.2, 0) is 14.6 Å². The number of piperidine rings is 1. The van der Waals surface area contributed by atoms with Crippen LogP contribution in [0.4, 0.5) is 4.79 Å². The minimum atomic E-state index is -3.31. The second kappa shape index (κ2) is 5.89. The monoisotopic (exact) mass is 349 g/mol. The second-order valence-electron chi connectivity index (χ2n) is 7.82. The third kappa shape index (κ3) is 3.80. The van der Waals surface area contributed by atoms with Gasteiger partial charge in [-0.15, -0.1) is 0 Å². The van der Waals surface area contributed by atoms with Crippen molar-refractivity contribution in [2.24, 2.45) is 5.41 Å². The Kier molecular flexibility index (Phi) is 4.74. The molecular weight excluding hydrogens is 322 g/mol. The lowest BCUT2D eigenvalue weighted by molar-refractivity contribution is -0.123. The molecule has 7 nitrogen and oxygen atoms in total. The van der Waals surface area contributed by atoms with Gasteiger partial charge in [-0.05, 0) is 40.0 Å². The van der Waals surface area contributed by atoms with Gasteiger partial charge in [-0.25, -0.2) is 13.2 Å². The van der Waals surface area contributed by atoms with Crippen LogP contribution in [0, 0.1) is 5.41 Å². The molecule has 2 heterocycles. The molecule has 0 radical (unpaired) electrons. The quantitative estimate of drug-likeness (QED) is 0.754. The molecule has 2 aliphatic heterocycles. The maximum Gasteiger partial charge on any atom is 0.410 e. The first kappa shape index (κ1) is 18.5. The molecule has 8 heteroatoms. The van der Waals surface area contributed by atoms with Crippen LogP contribution in [-0.4, -0.2) is 72.0 Å². The van der Waals surface area contributed by atoms with Crippen molar-refractivity contribution in [1.29, 1.82) is 0 Å². The molecule has 2 rings (SSSR count). The van der Waals surface area contributed by atoms with Gasteiger partial charge in [-0.2, -0.15) is 0 Å². The van der Waals surface area contributed by atoms with Gasteiger partial charge in [-0.3, -0.25) is 0 Å². The van der Waals surface area contributed by atoms with Crippen LogP contribution in [0.1, 0.15) is 40.0 Å². The lowest BCUT2D eigenvalue weighted by Crippen LogP contribution is -2.60. The zero-order valence-corrected chi connectivity index (χ0v) is 14.9. The summed E-state index contributed by atoms with van der Waals surface area (Å²) in [6.45, 7) is 5.52. The highest BCUT2D eigenvalue weighted by molar-refractivity contribution is 7.91. The summed E-state index contributed by atoms with van der Waals surface area (Å²) >= 11 is 0. The number of sulfone groups is 1. The molecule has 0 spiro atoms. The molecule has 2 atom stereocenters. The summed E-state index contributed by atoms with van der Waals surface area (Å²) in [5, 5.41) is 20.9. The Balaban J connectivity index is 2.21. The normalized spacial score (nSPS) is 34.4. The molecule has 0 saturated carbocycles. The van der Waals surface area contributed by atoms with Gasteiger partial charge in [0.1, 0.15) is 5.60 Å². The number of rotatable bonds is 2. The molecule has 0 aromatic rings. The van der Waals surface area contributed by atoms with E-state index in [1.807, 2.05) is 0 Å². The maximum atomic E-state index is 12.3. The van der Waals surface area contributed by atoms with E-state index in [2.05, 4.69) is 0 Å². The molecule has 1 amide bonds. The third-order valence-corrected chi connectivity index (χ3v) is 6.55. The Bertz CT molecular complexity index is 569. The number of carbonyl (C=O) groups excluding carboxylic acids is 1. The molecule has 2 fully saturated rings. The van der Waals surface area contributed by atoms with E-state index < -0.39 is 32.5 Å². The van der Waals surface area contributed by atoms with Crippen molar-refractivity contribution in [3.63, 3.8) is 0 Å². The van der Waals surface area contributed by atoms with Crippen LogP contribution in [0.5, 0.6) is 0 Å². The van der Waals surface area contributed by atoms with E-state index in [4.69, 9.17) is 4.74 Å². The fourth-order valence-electron chi connectivity index (χ4n) is 3.52. The minimum absolute atomic E-state index is 0.0856. The third-order valence-electron chi connectivity index (χ3n) is 4.80. The average molecular weight is 349 g/mol. The lowest BCUT2D eigenvalue weighted by atomic mass is 9.67. The van der Waals surface area contributed by atoms with Crippen molar-refractivity contribution in [1.82, 2.24) is 4.90 Å². The largest absolute Gasteiger partial charge is 0.444 e. The van der Waals surface area contributed by atoms with Gasteiger partial charge >= 0.3 is 6.09 Å². The zero-order valence-electron chi connectivity index (χ0n) is 14.0. The number of ether oxygens (including phenoxy) is 1. The van der Waals surface area contributed by atoms with Crippen molar-refractivity contribution >= 4 is 15.9 Å². The average Bonchev–Trinajstić information content (AvgIpc) is 2.72. The molecule has 0 aromatic heterocycles. The van der Waals surface area contributed by atoms with Crippen LogP contribution < -0.4 is 0 Å². The molecule has 0 aliphatic carbocycles. The minimum Gasteiger partial charge on any atom is -0.444 e. The first-order valence-electron chi connectivity index (χ1n) is 7.94. The summed E-state index contributed by atoms with van der Waals surface area (Å²) in [4.78, 5) is 13.8. The van der Waals surface area contributed by atoms with Crippen LogP contribution >= 0.6 is 0 Å². The Morgan fingerprint density at radius 2 is 1.96 bits per heavy atom. The Morgan fingerprint density at radius 3 is 2.43 bits per heavy atom. The van der Waals surface area contributed by atoms with Gasteiger partial charge in [-0.1, -0.05) is 0 Å². The number of likely N-dealkylation sites (tertiary alicyclic amines) is 1. The highest BCUT2D eigenvalue weighted by Crippen LogP contribution is 2.45. The molecule has 0 bridgehead atoms. The number of amides is 1. The van der Waals surface area contributed by atoms with E-state index in [0.717, 1.165) is 0 Å². The summed E-state index contributed by atoms with van der Waals surface area (Å²) < 4.78 is 29.0. The van der Waals surface area contributed by atoms with Crippen molar-refractivity contribution in [3.05, 3.63) is 0 Å². The van der Waals surface area contributed by atoms with Crippen LogP contribution in [0.25, 0.3) is 0 Å². The van der Waals surface area contributed by atoms with Crippen molar-refractivity contribution in [2.75, 3.05) is 31.2 Å². The summed E-state index contributed by atoms with van der Waals surface area (Å²) in [6, 6.07) is 0. The smallest absolute Gasteiger partial charge is 0.410 e. The Hall–Kier alpha value is -0.860. The number of hydrogen-bond donors (Lipinski definition) is 2. The molecule has 0 aromatic carbocycles. The fraction of sp³-hybridized carbons (Fsp3) is 0.933. The molecule has 2 aliphatic rings. The van der Waals surface area contributed by atoms with Gasteiger partial charge < -0.3 is 19.8 Å². The Labute approximate surface area is 137 Å². The fourth-order valence-corrected chi connectivity index (χ4v) is 5.49. The van der Waals surface area contributed by atoms with E-state index in [1.54, 1.807) is 20.8 Å². The highest BCUT2D eigenvalue weighted by Gasteiger charge is 2.57. The predicted octanol–water partition coefficient (Wildman–Crippen LogP) is 0.546. The van der Waals surface area contributed by atoms with E-state index in [-0.39, 0.29) is 31.1 Å². The van der Waals surface area contributed by atoms with Crippen LogP contribution in [0.2, 0.25) is 0 Å². The first-order valence-corrected chi connectivity index (χ1v) is 9.76. The standard InChI is InChI=1S/C15H27NO6S/c1-13(2,3)22-12(18)16-7-4-5-14(9-16,10-17)15(19)6-8-23(20,21)11-15/h17,19H,4-11H2,1-3H3. The number of aliphatic hydroxyl groups excluding tert-OH is 1. The molecule has 2 saturated heterocycles. The highest BCUT2D eigenvalue weighted by atomic mass is 32.2. The van der Waals surface area contributed by atoms with E-state index in [0.29, 0.717) is 19.4 Å². The van der Waals surface area contributed by atoms with Gasteiger partial charge in [0.2, 0.25) is 0 Å². The summed E-state index contributed by atoms with van der Waals surface area (Å²) in [6.07, 6.45) is 0.661. The predicted molar refractivity (Wildman–Crippen MR) is 84.8 cm³/mol. The summed E-state index contributed by atoms with van der Waals surface area (Å²) in [5.74, 6) is -0.444. The van der Waals surface area contributed by atoms with E-state index in [1.165, 1.54) is 4.90 Å². The maximum absolute atomic E-state index is 12.3. The van der Waals surface area contributed by atoms with Crippen molar-refractivity contribution in [2.45, 2.75) is 51.2 Å². The van der Waals surface area contributed by atoms with Gasteiger partial charge in [0, 0.05) is 18.5 Å². The number of carbonyl (C=O) groups is 1. The van der Waals surface area contributed by atoms with E-state index >= 15 is 0 Å². The molecule has 134 valence electrons. The number of hydrogen-bond acceptors (Lipinski definition) is 6. The number of aliphatic hydroxyl groups is 2. The summed E-state index contributed by atoms with van der Waals surface area (Å²) in [7, 11) is -3.31. The lowest BCUT2D eigenvalue weighted by Gasteiger charge is -2.49. The molecule has 23 heavy (non-hydrogen) atoms. The van der Waals surface area contributed by atoms with Gasteiger partial charge in [0.25, 0.3) is 0 Å². The summed E-state index contributed by atoms with van der Waals surface area (Å²) in [5.41, 5.74) is -3.16. The van der Waals surface area contributed by atoms with Crippen molar-refractivity contribution < 1.29 is 28.2 Å². The van der Waals surface area contributed by atoms with E-state index in [9.17, 15) is 23.4 Å². The molecular formula is C15H27NO6S. The van der Waals surface area contributed by atoms with Crippen molar-refractivity contribution in [3.8, 4) is 0 Å². The zero-order chi connectivity index (χ0) is 17.5. The molecule has 2 unspecified atom stereocenters. The topological polar surface area (TPSA) is 104 Å².